The van der Waals surface area contributed by atoms with E-state index >= 15 is 0 Å². The van der Waals surface area contributed by atoms with Crippen LogP contribution in [0.5, 0.6) is 0 Å². The van der Waals surface area contributed by atoms with E-state index in [-0.39, 0.29) is 10.8 Å². The van der Waals surface area contributed by atoms with Gasteiger partial charge in [-0.15, -0.1) is 0 Å². The van der Waals surface area contributed by atoms with E-state index in [0.717, 1.165) is 35.1 Å². The van der Waals surface area contributed by atoms with E-state index in [4.69, 9.17) is 0 Å². The molecule has 0 aliphatic carbocycles. The maximum Gasteiger partial charge on any atom is 0.208 e. The number of rotatable bonds is 4. The summed E-state index contributed by atoms with van der Waals surface area (Å²) in [7, 11) is -3.62. The van der Waals surface area contributed by atoms with Crippen molar-refractivity contribution in [1.82, 2.24) is 0 Å². The monoisotopic (exact) mass is 408 g/mol. The third kappa shape index (κ3) is 4.72. The molecule has 2 aromatic rings. The molecule has 0 atom stereocenters. The predicted molar refractivity (Wildman–Crippen MR) is 124 cm³/mol. The van der Waals surface area contributed by atoms with Crippen LogP contribution < -0.4 is 0 Å². The van der Waals surface area contributed by atoms with E-state index in [1.54, 1.807) is 0 Å². The molecule has 0 saturated carbocycles. The van der Waals surface area contributed by atoms with E-state index in [1.807, 2.05) is 60.7 Å². The minimum atomic E-state index is -3.62. The van der Waals surface area contributed by atoms with Crippen molar-refractivity contribution in [2.45, 2.75) is 54.4 Å². The highest BCUT2D eigenvalue weighted by atomic mass is 32.2. The maximum absolute atomic E-state index is 14.0. The lowest BCUT2D eigenvalue weighted by atomic mass is 9.78. The van der Waals surface area contributed by atoms with Crippen LogP contribution in [0.2, 0.25) is 0 Å². The maximum atomic E-state index is 14.0. The minimum absolute atomic E-state index is 0.0276. The average Bonchev–Trinajstić information content (AvgIpc) is 2.79. The van der Waals surface area contributed by atoms with Crippen LogP contribution in [-0.2, 0) is 9.84 Å². The second-order valence-electron chi connectivity index (χ2n) is 10.3. The van der Waals surface area contributed by atoms with Crippen molar-refractivity contribution in [3.8, 4) is 0 Å². The Bertz CT molecular complexity index is 962. The van der Waals surface area contributed by atoms with Gasteiger partial charge in [-0.05, 0) is 45.9 Å². The van der Waals surface area contributed by atoms with Crippen LogP contribution in [0.3, 0.4) is 0 Å². The highest BCUT2D eigenvalue weighted by Gasteiger charge is 2.41. The molecule has 0 aromatic heterocycles. The fourth-order valence-electron chi connectivity index (χ4n) is 3.97. The van der Waals surface area contributed by atoms with E-state index in [2.05, 4.69) is 41.5 Å². The Morgan fingerprint density at radius 1 is 0.586 bits per heavy atom. The average molecular weight is 409 g/mol. The van der Waals surface area contributed by atoms with Crippen LogP contribution in [-0.4, -0.2) is 8.42 Å². The molecular formula is C26H32O2S. The summed E-state index contributed by atoms with van der Waals surface area (Å²) in [5.41, 5.74) is 3.48. The Balaban J connectivity index is 2.37. The summed E-state index contributed by atoms with van der Waals surface area (Å²) in [5.74, 6) is 0. The van der Waals surface area contributed by atoms with Crippen molar-refractivity contribution in [1.29, 1.82) is 0 Å². The molecule has 1 heterocycles. The minimum Gasteiger partial charge on any atom is -0.218 e. The van der Waals surface area contributed by atoms with Crippen molar-refractivity contribution >= 4 is 19.6 Å². The van der Waals surface area contributed by atoms with Gasteiger partial charge in [0.05, 0.1) is 9.81 Å². The molecule has 0 N–H and O–H groups in total. The number of allylic oxidation sites excluding steroid dienone is 2. The number of sulfone groups is 1. The Labute approximate surface area is 176 Å². The van der Waals surface area contributed by atoms with Gasteiger partial charge in [0.2, 0.25) is 9.84 Å². The largest absolute Gasteiger partial charge is 0.218 e. The van der Waals surface area contributed by atoms with Crippen LogP contribution in [0.25, 0.3) is 9.81 Å². The van der Waals surface area contributed by atoms with Crippen LogP contribution >= 0.6 is 0 Å². The molecule has 29 heavy (non-hydrogen) atoms. The van der Waals surface area contributed by atoms with E-state index in [9.17, 15) is 8.42 Å². The molecule has 0 radical (unpaired) electrons. The lowest BCUT2D eigenvalue weighted by Gasteiger charge is -2.26. The van der Waals surface area contributed by atoms with Crippen molar-refractivity contribution in [3.63, 3.8) is 0 Å². The second-order valence-corrected chi connectivity index (χ2v) is 12.1. The third-order valence-corrected chi connectivity index (χ3v) is 6.98. The van der Waals surface area contributed by atoms with Crippen LogP contribution in [0.1, 0.15) is 65.5 Å². The number of hydrogen-bond donors (Lipinski definition) is 0. The first-order chi connectivity index (χ1) is 13.4. The van der Waals surface area contributed by atoms with Crippen molar-refractivity contribution in [2.75, 3.05) is 0 Å². The lowest BCUT2D eigenvalue weighted by Crippen LogP contribution is -2.12. The van der Waals surface area contributed by atoms with Gasteiger partial charge in [-0.3, -0.25) is 0 Å². The molecule has 3 rings (SSSR count). The van der Waals surface area contributed by atoms with E-state index in [0.29, 0.717) is 9.81 Å². The van der Waals surface area contributed by atoms with E-state index < -0.39 is 9.84 Å². The van der Waals surface area contributed by atoms with Gasteiger partial charge in [-0.25, -0.2) is 8.42 Å². The van der Waals surface area contributed by atoms with Crippen LogP contribution in [0.15, 0.2) is 71.8 Å². The highest BCUT2D eigenvalue weighted by Crippen LogP contribution is 2.52. The fraction of sp³-hybridized carbons (Fsp3) is 0.385. The molecule has 0 unspecified atom stereocenters. The Kier molecular flexibility index (Phi) is 5.66. The Morgan fingerprint density at radius 2 is 0.897 bits per heavy atom. The molecule has 1 aliphatic heterocycles. The van der Waals surface area contributed by atoms with Gasteiger partial charge in [-0.2, -0.15) is 0 Å². The van der Waals surface area contributed by atoms with Gasteiger partial charge in [0.25, 0.3) is 0 Å². The smallest absolute Gasteiger partial charge is 0.208 e. The molecule has 0 saturated heterocycles. The summed E-state index contributed by atoms with van der Waals surface area (Å²) in [6.45, 7) is 13.0. The van der Waals surface area contributed by atoms with Crippen molar-refractivity contribution < 1.29 is 8.42 Å². The normalized spacial score (nSPS) is 17.2. The van der Waals surface area contributed by atoms with Gasteiger partial charge in [0.1, 0.15) is 0 Å². The van der Waals surface area contributed by atoms with E-state index in [1.165, 1.54) is 0 Å². The van der Waals surface area contributed by atoms with Gasteiger partial charge >= 0.3 is 0 Å². The standard InChI is InChI=1S/C26H32O2S/c1-25(2,3)17-21-22(18-26(4,5)6)24(20-15-11-8-12-16-20)29(27,28)23(21)19-13-9-7-10-14-19/h7-16H,17-18H2,1-6H3. The first-order valence-corrected chi connectivity index (χ1v) is 11.7. The van der Waals surface area contributed by atoms with Gasteiger partial charge in [0, 0.05) is 0 Å². The molecule has 154 valence electrons. The zero-order valence-corrected chi connectivity index (χ0v) is 19.2. The Hall–Kier alpha value is -2.13. The van der Waals surface area contributed by atoms with Gasteiger partial charge in [-0.1, -0.05) is 102 Å². The molecule has 0 bridgehead atoms. The fourth-order valence-corrected chi connectivity index (χ4v) is 6.11. The third-order valence-electron chi connectivity index (χ3n) is 4.94. The summed E-state index contributed by atoms with van der Waals surface area (Å²) in [4.78, 5) is 0.984. The lowest BCUT2D eigenvalue weighted by molar-refractivity contribution is 0.392. The zero-order chi connectivity index (χ0) is 21.4. The molecule has 0 amide bonds. The number of benzene rings is 2. The molecule has 2 aromatic carbocycles. The second kappa shape index (κ2) is 7.60. The topological polar surface area (TPSA) is 34.1 Å². The molecule has 1 aliphatic rings. The van der Waals surface area contributed by atoms with Gasteiger partial charge in [0.15, 0.2) is 0 Å². The summed E-state index contributed by atoms with van der Waals surface area (Å²) in [5, 5.41) is 0. The molecule has 0 fully saturated rings. The Morgan fingerprint density at radius 3 is 1.17 bits per heavy atom. The van der Waals surface area contributed by atoms with Crippen LogP contribution in [0.4, 0.5) is 0 Å². The summed E-state index contributed by atoms with van der Waals surface area (Å²) in [6.07, 6.45) is 1.44. The molecular weight excluding hydrogens is 376 g/mol. The van der Waals surface area contributed by atoms with Crippen molar-refractivity contribution in [2.24, 2.45) is 10.8 Å². The molecule has 0 spiro atoms. The molecule has 3 heteroatoms. The summed E-state index contributed by atoms with van der Waals surface area (Å²) in [6, 6.07) is 19.2. The predicted octanol–water partition coefficient (Wildman–Crippen LogP) is 7.11. The first kappa shape index (κ1) is 21.6. The van der Waals surface area contributed by atoms with Crippen molar-refractivity contribution in [3.05, 3.63) is 82.9 Å². The zero-order valence-electron chi connectivity index (χ0n) is 18.4. The highest BCUT2D eigenvalue weighted by molar-refractivity contribution is 8.09. The first-order valence-electron chi connectivity index (χ1n) is 10.2. The van der Waals surface area contributed by atoms with Crippen LogP contribution in [0, 0.1) is 10.8 Å². The number of hydrogen-bond acceptors (Lipinski definition) is 2. The summed E-state index contributed by atoms with van der Waals surface area (Å²) < 4.78 is 27.9. The summed E-state index contributed by atoms with van der Waals surface area (Å²) >= 11 is 0. The SMILES string of the molecule is CC(C)(C)CC1=C(c2ccccc2)S(=O)(=O)C(c2ccccc2)=C1CC(C)(C)C. The quantitative estimate of drug-likeness (QED) is 0.540. The molecule has 2 nitrogen and oxygen atoms in total. The van der Waals surface area contributed by atoms with Gasteiger partial charge < -0.3 is 0 Å².